The maximum atomic E-state index is 9.74. The van der Waals surface area contributed by atoms with E-state index < -0.39 is 0 Å². The highest BCUT2D eigenvalue weighted by Crippen LogP contribution is 2.17. The first-order chi connectivity index (χ1) is 9.33. The Balaban J connectivity index is 1.77. The van der Waals surface area contributed by atoms with Crippen LogP contribution in [0.25, 0.3) is 5.69 Å². The van der Waals surface area contributed by atoms with Gasteiger partial charge >= 0.3 is 0 Å². The third kappa shape index (κ3) is 2.85. The molecule has 0 amide bonds. The number of aliphatic hydroxyl groups excluding tert-OH is 1. The van der Waals surface area contributed by atoms with Gasteiger partial charge in [0.05, 0.1) is 18.0 Å². The highest BCUT2D eigenvalue weighted by atomic mass is 16.3. The summed E-state index contributed by atoms with van der Waals surface area (Å²) in [4.78, 5) is 6.48. The minimum absolute atomic E-state index is 0.171. The van der Waals surface area contributed by atoms with Crippen molar-refractivity contribution in [3.8, 4) is 5.69 Å². The number of piperidine rings is 1. The minimum Gasteiger partial charge on any atom is -0.392 e. The van der Waals surface area contributed by atoms with E-state index in [2.05, 4.69) is 38.8 Å². The van der Waals surface area contributed by atoms with E-state index in [0.29, 0.717) is 0 Å². The second-order valence-electron chi connectivity index (χ2n) is 5.11. The number of rotatable bonds is 3. The average Bonchev–Trinajstić information content (AvgIpc) is 2.88. The summed E-state index contributed by atoms with van der Waals surface area (Å²) in [7, 11) is 0. The smallest absolute Gasteiger partial charge is 0.0667 e. The van der Waals surface area contributed by atoms with Gasteiger partial charge in [0.25, 0.3) is 0 Å². The van der Waals surface area contributed by atoms with Crippen LogP contribution in [0.5, 0.6) is 0 Å². The molecule has 19 heavy (non-hydrogen) atoms. The molecule has 2 aromatic heterocycles. The van der Waals surface area contributed by atoms with E-state index >= 15 is 0 Å². The molecule has 1 aliphatic heterocycles. The molecule has 1 aliphatic rings. The lowest BCUT2D eigenvalue weighted by Gasteiger charge is -2.30. The molecule has 4 nitrogen and oxygen atoms in total. The van der Waals surface area contributed by atoms with Gasteiger partial charge in [-0.1, -0.05) is 0 Å². The van der Waals surface area contributed by atoms with Crippen molar-refractivity contribution < 1.29 is 5.11 Å². The molecular weight excluding hydrogens is 238 g/mol. The lowest BCUT2D eigenvalue weighted by molar-refractivity contribution is 0.0660. The van der Waals surface area contributed by atoms with Gasteiger partial charge in [-0.15, -0.1) is 0 Å². The molecule has 3 heterocycles. The Hall–Kier alpha value is -1.65. The number of aliphatic hydroxyl groups is 1. The molecule has 0 aromatic carbocycles. The highest BCUT2D eigenvalue weighted by Gasteiger charge is 2.18. The first kappa shape index (κ1) is 12.4. The molecule has 1 saturated heterocycles. The zero-order valence-electron chi connectivity index (χ0n) is 10.9. The number of likely N-dealkylation sites (tertiary alicyclic amines) is 1. The Bertz CT molecular complexity index is 523. The van der Waals surface area contributed by atoms with Gasteiger partial charge in [0.2, 0.25) is 0 Å². The van der Waals surface area contributed by atoms with Gasteiger partial charge in [-0.05, 0) is 43.7 Å². The molecule has 2 aromatic rings. The first-order valence-electron chi connectivity index (χ1n) is 6.80. The van der Waals surface area contributed by atoms with Gasteiger partial charge in [0, 0.05) is 31.2 Å². The maximum Gasteiger partial charge on any atom is 0.0667 e. The van der Waals surface area contributed by atoms with Gasteiger partial charge < -0.3 is 9.67 Å². The molecule has 0 saturated carbocycles. The fraction of sp³-hybridized carbons (Fsp3) is 0.400. The highest BCUT2D eigenvalue weighted by molar-refractivity contribution is 5.32. The Kier molecular flexibility index (Phi) is 3.62. The van der Waals surface area contributed by atoms with Crippen molar-refractivity contribution in [2.45, 2.75) is 25.5 Å². The van der Waals surface area contributed by atoms with E-state index in [1.165, 1.54) is 5.69 Å². The van der Waals surface area contributed by atoms with E-state index in [1.54, 1.807) is 6.20 Å². The van der Waals surface area contributed by atoms with Crippen LogP contribution in [0.4, 0.5) is 0 Å². The fourth-order valence-electron chi connectivity index (χ4n) is 2.70. The van der Waals surface area contributed by atoms with Crippen molar-refractivity contribution in [1.82, 2.24) is 14.5 Å². The quantitative estimate of drug-likeness (QED) is 0.912. The Morgan fingerprint density at radius 1 is 1.32 bits per heavy atom. The number of β-amino-alcohol motifs (C(OH)–C–C–N with tert-alkyl or cyclic N) is 1. The molecule has 1 atom stereocenters. The average molecular weight is 257 g/mol. The molecular formula is C15H19N3O. The molecule has 0 spiro atoms. The predicted octanol–water partition coefficient (Wildman–Crippen LogP) is 1.83. The van der Waals surface area contributed by atoms with Crippen LogP contribution in [-0.2, 0) is 6.54 Å². The topological polar surface area (TPSA) is 41.3 Å². The summed E-state index contributed by atoms with van der Waals surface area (Å²) in [6.07, 6.45) is 7.56. The van der Waals surface area contributed by atoms with Crippen molar-refractivity contribution in [1.29, 1.82) is 0 Å². The second kappa shape index (κ2) is 5.55. The van der Waals surface area contributed by atoms with Gasteiger partial charge in [-0.25, -0.2) is 0 Å². The van der Waals surface area contributed by atoms with Crippen molar-refractivity contribution in [2.24, 2.45) is 0 Å². The third-order valence-corrected chi connectivity index (χ3v) is 3.62. The summed E-state index contributed by atoms with van der Waals surface area (Å²) in [5.74, 6) is 0. The molecule has 3 rings (SSSR count). The summed E-state index contributed by atoms with van der Waals surface area (Å²) in [5, 5.41) is 9.74. The molecule has 4 heteroatoms. The molecule has 0 radical (unpaired) electrons. The van der Waals surface area contributed by atoms with E-state index in [1.807, 2.05) is 12.3 Å². The summed E-state index contributed by atoms with van der Waals surface area (Å²) in [6.45, 7) is 2.71. The molecule has 0 aliphatic carbocycles. The predicted molar refractivity (Wildman–Crippen MR) is 74.1 cm³/mol. The van der Waals surface area contributed by atoms with Crippen molar-refractivity contribution >= 4 is 0 Å². The zero-order valence-corrected chi connectivity index (χ0v) is 10.9. The van der Waals surface area contributed by atoms with Gasteiger partial charge in [-0.3, -0.25) is 9.88 Å². The third-order valence-electron chi connectivity index (χ3n) is 3.62. The molecule has 1 fully saturated rings. The minimum atomic E-state index is -0.171. The molecule has 1 unspecified atom stereocenters. The summed E-state index contributed by atoms with van der Waals surface area (Å²) in [5.41, 5.74) is 2.32. The monoisotopic (exact) mass is 257 g/mol. The SMILES string of the molecule is OC1CCCN(Cc2cccn2-c2cccnc2)C1. The summed E-state index contributed by atoms with van der Waals surface area (Å²) < 4.78 is 2.16. The number of aromatic nitrogens is 2. The first-order valence-corrected chi connectivity index (χ1v) is 6.80. The Morgan fingerprint density at radius 2 is 2.26 bits per heavy atom. The van der Waals surface area contributed by atoms with Gasteiger partial charge in [0.15, 0.2) is 0 Å². The molecule has 1 N–H and O–H groups in total. The van der Waals surface area contributed by atoms with Crippen molar-refractivity contribution in [2.75, 3.05) is 13.1 Å². The van der Waals surface area contributed by atoms with Crippen LogP contribution >= 0.6 is 0 Å². The van der Waals surface area contributed by atoms with Gasteiger partial charge in [0.1, 0.15) is 0 Å². The molecule has 0 bridgehead atoms. The van der Waals surface area contributed by atoms with E-state index in [4.69, 9.17) is 0 Å². The number of nitrogens with zero attached hydrogens (tertiary/aromatic N) is 3. The van der Waals surface area contributed by atoms with E-state index in [9.17, 15) is 5.11 Å². The summed E-state index contributed by atoms with van der Waals surface area (Å²) in [6, 6.07) is 8.20. The number of pyridine rings is 1. The van der Waals surface area contributed by atoms with Crippen LogP contribution < -0.4 is 0 Å². The van der Waals surface area contributed by atoms with Crippen LogP contribution in [0.2, 0.25) is 0 Å². The maximum absolute atomic E-state index is 9.74. The largest absolute Gasteiger partial charge is 0.392 e. The molecule has 100 valence electrons. The van der Waals surface area contributed by atoms with Crippen LogP contribution in [0.1, 0.15) is 18.5 Å². The van der Waals surface area contributed by atoms with E-state index in [-0.39, 0.29) is 6.10 Å². The Morgan fingerprint density at radius 3 is 3.05 bits per heavy atom. The normalized spacial score (nSPS) is 20.6. The zero-order chi connectivity index (χ0) is 13.1. The van der Waals surface area contributed by atoms with Crippen LogP contribution in [0.3, 0.4) is 0 Å². The Labute approximate surface area is 113 Å². The lowest BCUT2D eigenvalue weighted by Crippen LogP contribution is -2.38. The van der Waals surface area contributed by atoms with Crippen LogP contribution in [0.15, 0.2) is 42.9 Å². The van der Waals surface area contributed by atoms with Crippen molar-refractivity contribution in [3.63, 3.8) is 0 Å². The lowest BCUT2D eigenvalue weighted by atomic mass is 10.1. The van der Waals surface area contributed by atoms with Crippen LogP contribution in [0, 0.1) is 0 Å². The number of hydrogen-bond acceptors (Lipinski definition) is 3. The second-order valence-corrected chi connectivity index (χ2v) is 5.11. The van der Waals surface area contributed by atoms with Crippen LogP contribution in [-0.4, -0.2) is 38.8 Å². The van der Waals surface area contributed by atoms with E-state index in [0.717, 1.165) is 38.2 Å². The number of hydrogen-bond donors (Lipinski definition) is 1. The standard InChI is InChI=1S/C15H19N3O/c19-15-6-3-8-17(12-15)11-14-5-2-9-18(14)13-4-1-7-16-10-13/h1-2,4-5,7,9-10,15,19H,3,6,8,11-12H2. The summed E-state index contributed by atoms with van der Waals surface area (Å²) >= 11 is 0. The van der Waals surface area contributed by atoms with Gasteiger partial charge in [-0.2, -0.15) is 0 Å². The fourth-order valence-corrected chi connectivity index (χ4v) is 2.70. The van der Waals surface area contributed by atoms with Crippen molar-refractivity contribution in [3.05, 3.63) is 48.5 Å².